The third-order valence-electron chi connectivity index (χ3n) is 3.21. The zero-order valence-corrected chi connectivity index (χ0v) is 14.2. The number of carbonyl (C=O) groups is 1. The summed E-state index contributed by atoms with van der Waals surface area (Å²) in [7, 11) is 1.63. The van der Waals surface area contributed by atoms with Gasteiger partial charge in [-0.05, 0) is 42.3 Å². The molecule has 2 N–H and O–H groups in total. The Morgan fingerprint density at radius 2 is 1.74 bits per heavy atom. The summed E-state index contributed by atoms with van der Waals surface area (Å²) in [6.07, 6.45) is 0.763. The van der Waals surface area contributed by atoms with Gasteiger partial charge < -0.3 is 15.4 Å². The Kier molecular flexibility index (Phi) is 6.56. The topological polar surface area (TPSA) is 50.4 Å². The Morgan fingerprint density at radius 1 is 1.09 bits per heavy atom. The zero-order chi connectivity index (χ0) is 16.7. The molecule has 0 fully saturated rings. The van der Waals surface area contributed by atoms with Crippen LogP contribution >= 0.6 is 23.2 Å². The highest BCUT2D eigenvalue weighted by atomic mass is 35.5. The first-order valence-electron chi connectivity index (χ1n) is 7.16. The summed E-state index contributed by atoms with van der Waals surface area (Å²) in [4.78, 5) is 11.8. The van der Waals surface area contributed by atoms with Crippen molar-refractivity contribution in [1.82, 2.24) is 5.32 Å². The van der Waals surface area contributed by atoms with Crippen molar-refractivity contribution in [2.24, 2.45) is 0 Å². The molecule has 0 aliphatic carbocycles. The Balaban J connectivity index is 1.72. The highest BCUT2D eigenvalue weighted by molar-refractivity contribution is 6.35. The van der Waals surface area contributed by atoms with Crippen LogP contribution in [-0.2, 0) is 11.2 Å². The number of carbonyl (C=O) groups excluding carboxylic acids is 1. The van der Waals surface area contributed by atoms with Crippen molar-refractivity contribution in [2.45, 2.75) is 6.42 Å². The lowest BCUT2D eigenvalue weighted by Crippen LogP contribution is -2.31. The van der Waals surface area contributed by atoms with Crippen molar-refractivity contribution >= 4 is 34.8 Å². The van der Waals surface area contributed by atoms with E-state index < -0.39 is 0 Å². The minimum Gasteiger partial charge on any atom is -0.497 e. The molecule has 4 nitrogen and oxygen atoms in total. The fraction of sp³-hybridized carbons (Fsp3) is 0.235. The molecule has 0 aliphatic heterocycles. The maximum absolute atomic E-state index is 11.8. The lowest BCUT2D eigenvalue weighted by Gasteiger charge is -2.09. The molecule has 0 aliphatic rings. The van der Waals surface area contributed by atoms with Gasteiger partial charge in [0.25, 0.3) is 0 Å². The SMILES string of the molecule is COc1ccc(CCNC(=O)CNc2cc(Cl)cc(Cl)c2)cc1. The van der Waals surface area contributed by atoms with E-state index >= 15 is 0 Å². The fourth-order valence-corrected chi connectivity index (χ4v) is 2.57. The number of anilines is 1. The van der Waals surface area contributed by atoms with Gasteiger partial charge in [-0.1, -0.05) is 35.3 Å². The van der Waals surface area contributed by atoms with Gasteiger partial charge in [0.05, 0.1) is 13.7 Å². The van der Waals surface area contributed by atoms with Gasteiger partial charge in [0.15, 0.2) is 0 Å². The van der Waals surface area contributed by atoms with Crippen LogP contribution in [0.2, 0.25) is 10.0 Å². The molecule has 0 radical (unpaired) electrons. The van der Waals surface area contributed by atoms with Crippen LogP contribution in [0.1, 0.15) is 5.56 Å². The van der Waals surface area contributed by atoms with Gasteiger partial charge in [-0.25, -0.2) is 0 Å². The molecule has 0 atom stereocenters. The summed E-state index contributed by atoms with van der Waals surface area (Å²) in [5.74, 6) is 0.733. The second kappa shape index (κ2) is 8.65. The number of amides is 1. The van der Waals surface area contributed by atoms with Crippen LogP contribution in [0, 0.1) is 0 Å². The predicted molar refractivity (Wildman–Crippen MR) is 94.7 cm³/mol. The number of hydrogen-bond donors (Lipinski definition) is 2. The molecule has 6 heteroatoms. The number of rotatable bonds is 7. The van der Waals surface area contributed by atoms with E-state index in [2.05, 4.69) is 10.6 Å². The van der Waals surface area contributed by atoms with Crippen LogP contribution in [0.3, 0.4) is 0 Å². The molecule has 2 rings (SSSR count). The van der Waals surface area contributed by atoms with Gasteiger partial charge in [-0.15, -0.1) is 0 Å². The third kappa shape index (κ3) is 6.00. The molecule has 1 amide bonds. The molecule has 23 heavy (non-hydrogen) atoms. The predicted octanol–water partition coefficient (Wildman–Crippen LogP) is 3.77. The maximum atomic E-state index is 11.8. The molecule has 122 valence electrons. The van der Waals surface area contributed by atoms with E-state index in [0.717, 1.165) is 17.7 Å². The van der Waals surface area contributed by atoms with Gasteiger partial charge in [0.2, 0.25) is 5.91 Å². The van der Waals surface area contributed by atoms with Crippen LogP contribution in [0.4, 0.5) is 5.69 Å². The monoisotopic (exact) mass is 352 g/mol. The van der Waals surface area contributed by atoms with Crippen LogP contribution in [0.25, 0.3) is 0 Å². The largest absolute Gasteiger partial charge is 0.497 e. The van der Waals surface area contributed by atoms with Crippen molar-refractivity contribution in [3.63, 3.8) is 0 Å². The minimum atomic E-state index is -0.0883. The van der Waals surface area contributed by atoms with E-state index in [9.17, 15) is 4.79 Å². The Labute approximate surface area is 145 Å². The standard InChI is InChI=1S/C17H18Cl2N2O2/c1-23-16-4-2-12(3-5-16)6-7-20-17(22)11-21-15-9-13(18)8-14(19)10-15/h2-5,8-10,21H,6-7,11H2,1H3,(H,20,22). The Morgan fingerprint density at radius 3 is 2.35 bits per heavy atom. The molecule has 2 aromatic carbocycles. The highest BCUT2D eigenvalue weighted by Crippen LogP contribution is 2.22. The lowest BCUT2D eigenvalue weighted by atomic mass is 10.1. The minimum absolute atomic E-state index is 0.0883. The first-order valence-corrected chi connectivity index (χ1v) is 7.92. The molecular formula is C17H18Cl2N2O2. The molecule has 0 saturated heterocycles. The Bertz CT molecular complexity index is 640. The van der Waals surface area contributed by atoms with Crippen LogP contribution in [-0.4, -0.2) is 26.1 Å². The highest BCUT2D eigenvalue weighted by Gasteiger charge is 2.03. The van der Waals surface area contributed by atoms with E-state index in [1.54, 1.807) is 25.3 Å². The number of nitrogens with one attached hydrogen (secondary N) is 2. The molecule has 0 saturated carbocycles. The van der Waals surface area contributed by atoms with E-state index in [1.807, 2.05) is 24.3 Å². The average molecular weight is 353 g/mol. The summed E-state index contributed by atoms with van der Waals surface area (Å²) >= 11 is 11.8. The summed E-state index contributed by atoms with van der Waals surface area (Å²) < 4.78 is 5.11. The van der Waals surface area contributed by atoms with Gasteiger partial charge in [-0.2, -0.15) is 0 Å². The average Bonchev–Trinajstić information content (AvgIpc) is 2.53. The number of methoxy groups -OCH3 is 1. The van der Waals surface area contributed by atoms with E-state index in [4.69, 9.17) is 27.9 Å². The lowest BCUT2D eigenvalue weighted by molar-refractivity contribution is -0.119. The second-order valence-corrected chi connectivity index (χ2v) is 5.83. The van der Waals surface area contributed by atoms with Gasteiger partial charge in [0, 0.05) is 22.3 Å². The molecule has 0 aromatic heterocycles. The molecule has 0 bridgehead atoms. The zero-order valence-electron chi connectivity index (χ0n) is 12.7. The van der Waals surface area contributed by atoms with E-state index in [-0.39, 0.29) is 12.5 Å². The van der Waals surface area contributed by atoms with Crippen molar-refractivity contribution in [3.05, 3.63) is 58.1 Å². The first-order chi connectivity index (χ1) is 11.1. The molecule has 0 spiro atoms. The van der Waals surface area contributed by atoms with E-state index in [1.165, 1.54) is 0 Å². The summed E-state index contributed by atoms with van der Waals surface area (Å²) in [6.45, 7) is 0.739. The molecule has 0 unspecified atom stereocenters. The number of benzene rings is 2. The van der Waals surface area contributed by atoms with Gasteiger partial charge in [0.1, 0.15) is 5.75 Å². The smallest absolute Gasteiger partial charge is 0.239 e. The van der Waals surface area contributed by atoms with E-state index in [0.29, 0.717) is 22.3 Å². The summed E-state index contributed by atoms with van der Waals surface area (Å²) in [6, 6.07) is 12.9. The van der Waals surface area contributed by atoms with Crippen molar-refractivity contribution < 1.29 is 9.53 Å². The normalized spacial score (nSPS) is 10.2. The van der Waals surface area contributed by atoms with Crippen molar-refractivity contribution in [2.75, 3.05) is 25.5 Å². The molecule has 0 heterocycles. The summed E-state index contributed by atoms with van der Waals surface area (Å²) in [5, 5.41) is 6.91. The fourth-order valence-electron chi connectivity index (χ4n) is 2.04. The molecule has 2 aromatic rings. The number of hydrogen-bond acceptors (Lipinski definition) is 3. The van der Waals surface area contributed by atoms with Gasteiger partial charge >= 0.3 is 0 Å². The van der Waals surface area contributed by atoms with Crippen LogP contribution in [0.15, 0.2) is 42.5 Å². The third-order valence-corrected chi connectivity index (χ3v) is 3.65. The number of ether oxygens (including phenoxy) is 1. The van der Waals surface area contributed by atoms with Crippen molar-refractivity contribution in [3.8, 4) is 5.75 Å². The van der Waals surface area contributed by atoms with Gasteiger partial charge in [-0.3, -0.25) is 4.79 Å². The number of halogens is 2. The van der Waals surface area contributed by atoms with Crippen LogP contribution in [0.5, 0.6) is 5.75 Å². The Hall–Kier alpha value is -1.91. The summed E-state index contributed by atoms with van der Waals surface area (Å²) in [5.41, 5.74) is 1.86. The van der Waals surface area contributed by atoms with Crippen molar-refractivity contribution in [1.29, 1.82) is 0 Å². The molecular weight excluding hydrogens is 335 g/mol. The second-order valence-electron chi connectivity index (χ2n) is 4.96. The first kappa shape index (κ1) is 17.4. The quantitative estimate of drug-likeness (QED) is 0.797. The van der Waals surface area contributed by atoms with Crippen LogP contribution < -0.4 is 15.4 Å². The maximum Gasteiger partial charge on any atom is 0.239 e.